The van der Waals surface area contributed by atoms with Crippen LogP contribution < -0.4 is 5.32 Å². The zero-order chi connectivity index (χ0) is 15.7. The molecule has 0 radical (unpaired) electrons. The predicted molar refractivity (Wildman–Crippen MR) is 78.6 cm³/mol. The highest BCUT2D eigenvalue weighted by Gasteiger charge is 2.26. The van der Waals surface area contributed by atoms with Gasteiger partial charge in [0.15, 0.2) is 0 Å². The number of hydrogen-bond acceptors (Lipinski definition) is 2. The summed E-state index contributed by atoms with van der Waals surface area (Å²) in [5.41, 5.74) is 0.801. The third-order valence-corrected chi connectivity index (χ3v) is 3.28. The summed E-state index contributed by atoms with van der Waals surface area (Å²) in [6.07, 6.45) is -4.37. The SMILES string of the molecule is CCCNCC(OCCCC(F)(F)F)c1ccccc1Cl. The molecule has 0 fully saturated rings. The minimum absolute atomic E-state index is 0.0434. The van der Waals surface area contributed by atoms with Crippen molar-refractivity contribution >= 4 is 11.6 Å². The highest BCUT2D eigenvalue weighted by atomic mass is 35.5. The lowest BCUT2D eigenvalue weighted by Gasteiger charge is -2.20. The van der Waals surface area contributed by atoms with Crippen LogP contribution in [0.5, 0.6) is 0 Å². The second kappa shape index (κ2) is 9.28. The van der Waals surface area contributed by atoms with Gasteiger partial charge in [-0.2, -0.15) is 13.2 Å². The van der Waals surface area contributed by atoms with Crippen LogP contribution >= 0.6 is 11.6 Å². The smallest absolute Gasteiger partial charge is 0.372 e. The quantitative estimate of drug-likeness (QED) is 0.663. The van der Waals surface area contributed by atoms with Crippen molar-refractivity contribution in [3.05, 3.63) is 34.9 Å². The first-order valence-electron chi connectivity index (χ1n) is 7.07. The molecule has 120 valence electrons. The maximum atomic E-state index is 12.1. The van der Waals surface area contributed by atoms with Crippen LogP contribution in [0.15, 0.2) is 24.3 Å². The summed E-state index contributed by atoms with van der Waals surface area (Å²) in [7, 11) is 0. The van der Waals surface area contributed by atoms with E-state index in [1.807, 2.05) is 25.1 Å². The first-order valence-corrected chi connectivity index (χ1v) is 7.45. The monoisotopic (exact) mass is 323 g/mol. The molecule has 2 nitrogen and oxygen atoms in total. The number of ether oxygens (including phenoxy) is 1. The van der Waals surface area contributed by atoms with Gasteiger partial charge in [-0.25, -0.2) is 0 Å². The van der Waals surface area contributed by atoms with Crippen molar-refractivity contribution in [2.24, 2.45) is 0 Å². The second-order valence-corrected chi connectivity index (χ2v) is 5.21. The molecule has 0 aliphatic heterocycles. The molecule has 0 spiro atoms. The number of halogens is 4. The number of rotatable bonds is 9. The van der Waals surface area contributed by atoms with Crippen LogP contribution in [0.25, 0.3) is 0 Å². The summed E-state index contributed by atoms with van der Waals surface area (Å²) in [6.45, 7) is 3.46. The van der Waals surface area contributed by atoms with Gasteiger partial charge in [0, 0.05) is 30.2 Å². The standard InChI is InChI=1S/C15H21ClF3NO/c1-2-9-20-11-14(12-6-3-4-7-13(12)16)21-10-5-8-15(17,18)19/h3-4,6-7,14,20H,2,5,8-11H2,1H3. The summed E-state index contributed by atoms with van der Waals surface area (Å²) in [5, 5.41) is 3.78. The van der Waals surface area contributed by atoms with E-state index in [9.17, 15) is 13.2 Å². The summed E-state index contributed by atoms with van der Waals surface area (Å²) >= 11 is 6.13. The van der Waals surface area contributed by atoms with Gasteiger partial charge in [-0.3, -0.25) is 0 Å². The largest absolute Gasteiger partial charge is 0.389 e. The lowest BCUT2D eigenvalue weighted by molar-refractivity contribution is -0.138. The number of nitrogens with one attached hydrogen (secondary N) is 1. The van der Waals surface area contributed by atoms with Crippen molar-refractivity contribution in [2.45, 2.75) is 38.5 Å². The Kier molecular flexibility index (Phi) is 8.07. The number of alkyl halides is 3. The van der Waals surface area contributed by atoms with Gasteiger partial charge in [0.1, 0.15) is 0 Å². The molecule has 21 heavy (non-hydrogen) atoms. The third-order valence-electron chi connectivity index (χ3n) is 2.93. The Balaban J connectivity index is 2.55. The highest BCUT2D eigenvalue weighted by Crippen LogP contribution is 2.26. The Labute approximate surface area is 128 Å². The Bertz CT molecular complexity index is 412. The molecular formula is C15H21ClF3NO. The lowest BCUT2D eigenvalue weighted by atomic mass is 10.1. The maximum Gasteiger partial charge on any atom is 0.389 e. The minimum Gasteiger partial charge on any atom is -0.372 e. The van der Waals surface area contributed by atoms with Gasteiger partial charge in [-0.05, 0) is 25.5 Å². The second-order valence-electron chi connectivity index (χ2n) is 4.80. The summed E-state index contributed by atoms with van der Waals surface area (Å²) in [4.78, 5) is 0. The van der Waals surface area contributed by atoms with Crippen molar-refractivity contribution in [2.75, 3.05) is 19.7 Å². The zero-order valence-electron chi connectivity index (χ0n) is 12.0. The molecule has 1 unspecified atom stereocenters. The average Bonchev–Trinajstić information content (AvgIpc) is 2.41. The van der Waals surface area contributed by atoms with Crippen LogP contribution in [-0.2, 0) is 4.74 Å². The minimum atomic E-state index is -4.14. The molecule has 1 aromatic rings. The number of hydrogen-bond donors (Lipinski definition) is 1. The molecule has 0 heterocycles. The van der Waals surface area contributed by atoms with Crippen LogP contribution in [0.2, 0.25) is 5.02 Å². The Morgan fingerprint density at radius 1 is 1.29 bits per heavy atom. The Hall–Kier alpha value is -0.780. The van der Waals surface area contributed by atoms with E-state index in [0.717, 1.165) is 18.5 Å². The fourth-order valence-electron chi connectivity index (χ4n) is 1.90. The molecular weight excluding hydrogens is 303 g/mol. The number of benzene rings is 1. The van der Waals surface area contributed by atoms with Gasteiger partial charge in [0.2, 0.25) is 0 Å². The fourth-order valence-corrected chi connectivity index (χ4v) is 2.16. The van der Waals surface area contributed by atoms with E-state index in [-0.39, 0.29) is 19.1 Å². The van der Waals surface area contributed by atoms with E-state index < -0.39 is 12.6 Å². The normalized spacial score (nSPS) is 13.4. The van der Waals surface area contributed by atoms with E-state index >= 15 is 0 Å². The predicted octanol–water partition coefficient (Wildman–Crippen LogP) is 4.74. The van der Waals surface area contributed by atoms with Crippen molar-refractivity contribution in [1.82, 2.24) is 5.32 Å². The highest BCUT2D eigenvalue weighted by molar-refractivity contribution is 6.31. The Morgan fingerprint density at radius 2 is 2.00 bits per heavy atom. The van der Waals surface area contributed by atoms with Gasteiger partial charge < -0.3 is 10.1 Å². The van der Waals surface area contributed by atoms with Crippen LogP contribution in [0.4, 0.5) is 13.2 Å². The summed E-state index contributed by atoms with van der Waals surface area (Å²) < 4.78 is 42.0. The topological polar surface area (TPSA) is 21.3 Å². The molecule has 0 aromatic heterocycles. The van der Waals surface area contributed by atoms with E-state index in [1.165, 1.54) is 0 Å². The molecule has 1 rings (SSSR count). The third kappa shape index (κ3) is 7.69. The van der Waals surface area contributed by atoms with Crippen LogP contribution in [0.3, 0.4) is 0 Å². The van der Waals surface area contributed by atoms with Crippen molar-refractivity contribution < 1.29 is 17.9 Å². The van der Waals surface area contributed by atoms with Gasteiger partial charge in [-0.15, -0.1) is 0 Å². The van der Waals surface area contributed by atoms with E-state index in [2.05, 4.69) is 5.32 Å². The zero-order valence-corrected chi connectivity index (χ0v) is 12.8. The van der Waals surface area contributed by atoms with E-state index in [0.29, 0.717) is 11.6 Å². The molecule has 0 saturated carbocycles. The van der Waals surface area contributed by atoms with Gasteiger partial charge in [0.25, 0.3) is 0 Å². The van der Waals surface area contributed by atoms with Gasteiger partial charge in [-0.1, -0.05) is 36.7 Å². The molecule has 0 bridgehead atoms. The van der Waals surface area contributed by atoms with Gasteiger partial charge in [0.05, 0.1) is 6.10 Å². The van der Waals surface area contributed by atoms with Gasteiger partial charge >= 0.3 is 6.18 Å². The van der Waals surface area contributed by atoms with Crippen molar-refractivity contribution in [1.29, 1.82) is 0 Å². The molecule has 0 saturated heterocycles. The molecule has 1 aromatic carbocycles. The first-order chi connectivity index (χ1) is 9.94. The van der Waals surface area contributed by atoms with Crippen LogP contribution in [-0.4, -0.2) is 25.9 Å². The molecule has 6 heteroatoms. The summed E-state index contributed by atoms with van der Waals surface area (Å²) in [6, 6.07) is 7.24. The average molecular weight is 324 g/mol. The van der Waals surface area contributed by atoms with Crippen LogP contribution in [0.1, 0.15) is 37.9 Å². The molecule has 0 aliphatic rings. The molecule has 0 aliphatic carbocycles. The molecule has 1 N–H and O–H groups in total. The van der Waals surface area contributed by atoms with Crippen molar-refractivity contribution in [3.8, 4) is 0 Å². The Morgan fingerprint density at radius 3 is 2.62 bits per heavy atom. The van der Waals surface area contributed by atoms with E-state index in [4.69, 9.17) is 16.3 Å². The van der Waals surface area contributed by atoms with Crippen LogP contribution in [0, 0.1) is 0 Å². The lowest BCUT2D eigenvalue weighted by Crippen LogP contribution is -2.25. The maximum absolute atomic E-state index is 12.1. The molecule has 0 amide bonds. The molecule has 1 atom stereocenters. The van der Waals surface area contributed by atoms with E-state index in [1.54, 1.807) is 6.07 Å². The summed E-state index contributed by atoms with van der Waals surface area (Å²) in [5.74, 6) is 0. The van der Waals surface area contributed by atoms with Crippen molar-refractivity contribution in [3.63, 3.8) is 0 Å². The fraction of sp³-hybridized carbons (Fsp3) is 0.600. The first kappa shape index (κ1) is 18.3.